The molecule has 1 rings (SSSR count). The second kappa shape index (κ2) is 8.29. The van der Waals surface area contributed by atoms with Gasteiger partial charge in [-0.25, -0.2) is 9.68 Å². The Hall–Kier alpha value is -0.210. The predicted octanol–water partition coefficient (Wildman–Crippen LogP) is 4.49. The van der Waals surface area contributed by atoms with Gasteiger partial charge in [-0.05, 0) is 24.6 Å². The van der Waals surface area contributed by atoms with E-state index in [0.29, 0.717) is 12.0 Å². The maximum absolute atomic E-state index is 11.3. The van der Waals surface area contributed by atoms with Gasteiger partial charge in [-0.2, -0.15) is 0 Å². The van der Waals surface area contributed by atoms with E-state index < -0.39 is 12.1 Å². The van der Waals surface area contributed by atoms with Crippen LogP contribution in [0.5, 0.6) is 0 Å². The smallest absolute Gasteiger partial charge is 0.333 e. The van der Waals surface area contributed by atoms with Crippen molar-refractivity contribution in [1.29, 1.82) is 0 Å². The van der Waals surface area contributed by atoms with Crippen molar-refractivity contribution >= 4 is 53.8 Å². The summed E-state index contributed by atoms with van der Waals surface area (Å²) in [5, 5.41) is 8.92. The van der Waals surface area contributed by atoms with Crippen molar-refractivity contribution in [3.63, 3.8) is 0 Å². The van der Waals surface area contributed by atoms with Crippen LogP contribution >= 0.6 is 47.8 Å². The molecule has 1 N–H and O–H groups in total. The zero-order valence-electron chi connectivity index (χ0n) is 10.7. The highest BCUT2D eigenvalue weighted by atomic mass is 79.9. The van der Waals surface area contributed by atoms with Gasteiger partial charge < -0.3 is 4.74 Å². The summed E-state index contributed by atoms with van der Waals surface area (Å²) in [4.78, 5) is 15.7. The van der Waals surface area contributed by atoms with Crippen LogP contribution in [0.15, 0.2) is 37.7 Å². The molecule has 110 valence electrons. The van der Waals surface area contributed by atoms with E-state index in [2.05, 4.69) is 59.3 Å². The molecular weight excluding hydrogens is 460 g/mol. The van der Waals surface area contributed by atoms with E-state index in [9.17, 15) is 4.79 Å². The Morgan fingerprint density at radius 2 is 1.90 bits per heavy atom. The first kappa shape index (κ1) is 17.8. The van der Waals surface area contributed by atoms with Crippen molar-refractivity contribution in [2.45, 2.75) is 19.4 Å². The van der Waals surface area contributed by atoms with E-state index in [1.807, 2.05) is 12.1 Å². The molecule has 20 heavy (non-hydrogen) atoms. The Morgan fingerprint density at radius 1 is 1.35 bits per heavy atom. The summed E-state index contributed by atoms with van der Waals surface area (Å²) in [7, 11) is 0. The van der Waals surface area contributed by atoms with Crippen LogP contribution in [0.3, 0.4) is 0 Å². The van der Waals surface area contributed by atoms with Crippen LogP contribution in [0.25, 0.3) is 0 Å². The van der Waals surface area contributed by atoms with Crippen LogP contribution in [0, 0.1) is 0 Å². The molecule has 1 unspecified atom stereocenters. The Labute approximate surface area is 142 Å². The van der Waals surface area contributed by atoms with Crippen LogP contribution in [-0.4, -0.2) is 23.9 Å². The number of hydrogen-bond donors (Lipinski definition) is 1. The average Bonchev–Trinajstić information content (AvgIpc) is 2.36. The number of rotatable bonds is 6. The Kier molecular flexibility index (Phi) is 7.39. The molecule has 0 aliphatic rings. The van der Waals surface area contributed by atoms with Gasteiger partial charge in [0.1, 0.15) is 12.7 Å². The van der Waals surface area contributed by atoms with Crippen LogP contribution < -0.4 is 0 Å². The predicted molar refractivity (Wildman–Crippen MR) is 86.5 cm³/mol. The van der Waals surface area contributed by atoms with Crippen LogP contribution in [-0.2, 0) is 20.8 Å². The molecule has 1 aromatic carbocycles. The fraction of sp³-hybridized carbons (Fsp3) is 0.308. The standard InChI is InChI=1S/C13H13Br3O4/c1-7(2)13(17)19-6-9(20-18)5-10-11(15)3-8(14)4-12(10)16/h3-4,9,18H,1,5-6H2,2H3. The summed E-state index contributed by atoms with van der Waals surface area (Å²) >= 11 is 10.3. The number of carbonyl (C=O) groups is 1. The van der Waals surface area contributed by atoms with Crippen molar-refractivity contribution in [2.24, 2.45) is 0 Å². The van der Waals surface area contributed by atoms with Crippen molar-refractivity contribution in [3.8, 4) is 0 Å². The first-order valence-electron chi connectivity index (χ1n) is 5.61. The van der Waals surface area contributed by atoms with Crippen LogP contribution in [0.4, 0.5) is 0 Å². The van der Waals surface area contributed by atoms with Gasteiger partial charge in [0.15, 0.2) is 0 Å². The van der Waals surface area contributed by atoms with E-state index >= 15 is 0 Å². The average molecular weight is 473 g/mol. The molecule has 0 aliphatic heterocycles. The summed E-state index contributed by atoms with van der Waals surface area (Å²) < 4.78 is 7.59. The first-order chi connectivity index (χ1) is 9.35. The number of esters is 1. The van der Waals surface area contributed by atoms with Gasteiger partial charge in [0.2, 0.25) is 0 Å². The number of hydrogen-bond acceptors (Lipinski definition) is 4. The monoisotopic (exact) mass is 470 g/mol. The van der Waals surface area contributed by atoms with E-state index in [4.69, 9.17) is 9.99 Å². The molecule has 1 atom stereocenters. The maximum Gasteiger partial charge on any atom is 0.333 e. The van der Waals surface area contributed by atoms with Gasteiger partial charge in [-0.3, -0.25) is 5.26 Å². The molecule has 7 heteroatoms. The van der Waals surface area contributed by atoms with Gasteiger partial charge in [0, 0.05) is 25.4 Å². The third-order valence-electron chi connectivity index (χ3n) is 2.44. The minimum atomic E-state index is -0.660. The van der Waals surface area contributed by atoms with Crippen LogP contribution in [0.2, 0.25) is 0 Å². The first-order valence-corrected chi connectivity index (χ1v) is 7.99. The number of carbonyl (C=O) groups excluding carboxylic acids is 1. The summed E-state index contributed by atoms with van der Waals surface area (Å²) in [6, 6.07) is 3.77. The van der Waals surface area contributed by atoms with Gasteiger partial charge in [0.05, 0.1) is 0 Å². The lowest BCUT2D eigenvalue weighted by molar-refractivity contribution is -0.285. The Morgan fingerprint density at radius 3 is 2.35 bits per heavy atom. The third-order valence-corrected chi connectivity index (χ3v) is 4.31. The quantitative estimate of drug-likeness (QED) is 0.287. The molecular formula is C13H13Br3O4. The van der Waals surface area contributed by atoms with Gasteiger partial charge >= 0.3 is 5.97 Å². The van der Waals surface area contributed by atoms with E-state index in [-0.39, 0.29) is 6.61 Å². The molecule has 0 aromatic heterocycles. The highest BCUT2D eigenvalue weighted by Crippen LogP contribution is 2.31. The maximum atomic E-state index is 11.3. The largest absolute Gasteiger partial charge is 0.459 e. The highest BCUT2D eigenvalue weighted by Gasteiger charge is 2.17. The normalized spacial score (nSPS) is 12.1. The number of halogens is 3. The van der Waals surface area contributed by atoms with Crippen molar-refractivity contribution in [1.82, 2.24) is 0 Å². The van der Waals surface area contributed by atoms with Crippen molar-refractivity contribution in [2.75, 3.05) is 6.61 Å². The third kappa shape index (κ3) is 5.29. The molecule has 0 radical (unpaired) electrons. The van der Waals surface area contributed by atoms with E-state index in [1.165, 1.54) is 0 Å². The van der Waals surface area contributed by atoms with Gasteiger partial charge in [-0.1, -0.05) is 54.4 Å². The van der Waals surface area contributed by atoms with E-state index in [0.717, 1.165) is 19.0 Å². The Bertz CT molecular complexity index is 493. The summed E-state index contributed by atoms with van der Waals surface area (Å²) in [5.41, 5.74) is 1.20. The highest BCUT2D eigenvalue weighted by molar-refractivity contribution is 9.11. The molecule has 0 heterocycles. The molecule has 0 saturated carbocycles. The van der Waals surface area contributed by atoms with Crippen molar-refractivity contribution < 1.29 is 19.7 Å². The fourth-order valence-electron chi connectivity index (χ4n) is 1.41. The molecule has 0 bridgehead atoms. The molecule has 4 nitrogen and oxygen atoms in total. The second-order valence-electron chi connectivity index (χ2n) is 4.16. The van der Waals surface area contributed by atoms with Crippen LogP contribution in [0.1, 0.15) is 12.5 Å². The van der Waals surface area contributed by atoms with Crippen molar-refractivity contribution in [3.05, 3.63) is 43.3 Å². The zero-order valence-corrected chi connectivity index (χ0v) is 15.4. The lowest BCUT2D eigenvalue weighted by atomic mass is 10.1. The molecule has 1 aromatic rings. The minimum Gasteiger partial charge on any atom is -0.459 e. The molecule has 0 fully saturated rings. The summed E-state index contributed by atoms with van der Waals surface area (Å²) in [5.74, 6) is -0.513. The Balaban J connectivity index is 2.74. The summed E-state index contributed by atoms with van der Waals surface area (Å²) in [6.07, 6.45) is -0.291. The molecule has 0 amide bonds. The molecule has 0 spiro atoms. The van der Waals surface area contributed by atoms with E-state index in [1.54, 1.807) is 6.92 Å². The zero-order chi connectivity index (χ0) is 15.3. The van der Waals surface area contributed by atoms with Gasteiger partial charge in [-0.15, -0.1) is 0 Å². The van der Waals surface area contributed by atoms with Gasteiger partial charge in [0.25, 0.3) is 0 Å². The minimum absolute atomic E-state index is 0.0584. The molecule has 0 aliphatic carbocycles. The lowest BCUT2D eigenvalue weighted by Gasteiger charge is -2.16. The number of benzene rings is 1. The lowest BCUT2D eigenvalue weighted by Crippen LogP contribution is -2.24. The number of ether oxygens (including phenoxy) is 1. The summed E-state index contributed by atoms with van der Waals surface area (Å²) in [6.45, 7) is 4.98. The fourth-order valence-corrected chi connectivity index (χ4v) is 4.00. The second-order valence-corrected chi connectivity index (χ2v) is 6.78. The molecule has 0 saturated heterocycles. The SMILES string of the molecule is C=C(C)C(=O)OCC(Cc1c(Br)cc(Br)cc1Br)OO. The topological polar surface area (TPSA) is 55.8 Å².